The topological polar surface area (TPSA) is 62.7 Å². The van der Waals surface area contributed by atoms with E-state index in [4.69, 9.17) is 0 Å². The summed E-state index contributed by atoms with van der Waals surface area (Å²) in [6.07, 6.45) is 4.82. The van der Waals surface area contributed by atoms with E-state index in [2.05, 4.69) is 36.3 Å². The van der Waals surface area contributed by atoms with Crippen molar-refractivity contribution in [3.63, 3.8) is 0 Å². The summed E-state index contributed by atoms with van der Waals surface area (Å²) in [7, 11) is 1.77. The summed E-state index contributed by atoms with van der Waals surface area (Å²) in [5.41, 5.74) is 0.154. The summed E-state index contributed by atoms with van der Waals surface area (Å²) in [4.78, 5) is 11.5. The van der Waals surface area contributed by atoms with Gasteiger partial charge in [-0.05, 0) is 31.2 Å². The Morgan fingerprint density at radius 1 is 1.55 bits per heavy atom. The summed E-state index contributed by atoms with van der Waals surface area (Å²) in [5.74, 6) is 0. The molecule has 2 unspecified atom stereocenters. The second-order valence-electron chi connectivity index (χ2n) is 6.34. The van der Waals surface area contributed by atoms with Crippen molar-refractivity contribution in [1.82, 2.24) is 20.1 Å². The lowest BCUT2D eigenvalue weighted by Gasteiger charge is -2.44. The van der Waals surface area contributed by atoms with Crippen LogP contribution in [-0.2, 0) is 7.05 Å². The van der Waals surface area contributed by atoms with Gasteiger partial charge in [-0.3, -0.25) is 4.57 Å². The first-order valence-corrected chi connectivity index (χ1v) is 8.35. The van der Waals surface area contributed by atoms with Crippen LogP contribution in [-0.4, -0.2) is 32.6 Å². The van der Waals surface area contributed by atoms with Crippen LogP contribution in [0, 0.1) is 5.41 Å². The van der Waals surface area contributed by atoms with E-state index < -0.39 is 0 Å². The van der Waals surface area contributed by atoms with Crippen molar-refractivity contribution in [2.45, 2.75) is 62.9 Å². The molecule has 0 amide bonds. The molecule has 114 valence electrons. The van der Waals surface area contributed by atoms with Crippen LogP contribution in [0.15, 0.2) is 9.95 Å². The van der Waals surface area contributed by atoms with E-state index >= 15 is 0 Å². The molecule has 0 aromatic carbocycles. The lowest BCUT2D eigenvalue weighted by atomic mass is 9.73. The van der Waals surface area contributed by atoms with E-state index in [1.165, 1.54) is 19.3 Å². The normalized spacial score (nSPS) is 25.8. The quantitative estimate of drug-likeness (QED) is 0.874. The standard InChI is InChI=1S/C14H26N4OS/c1-5-9-15-11-10(7-6-8-14(11,2)3)20-13-17-16-12(19)18(13)4/h10-11,15H,5-9H2,1-4H3,(H,16,19). The highest BCUT2D eigenvalue weighted by Crippen LogP contribution is 2.42. The second kappa shape index (κ2) is 6.35. The molecule has 1 aliphatic rings. The first-order valence-electron chi connectivity index (χ1n) is 7.47. The number of nitrogens with one attached hydrogen (secondary N) is 2. The molecule has 1 aromatic heterocycles. The fourth-order valence-electron chi connectivity index (χ4n) is 2.99. The molecule has 20 heavy (non-hydrogen) atoms. The molecule has 6 heteroatoms. The number of aromatic nitrogens is 3. The van der Waals surface area contributed by atoms with Crippen LogP contribution in [0.3, 0.4) is 0 Å². The highest BCUT2D eigenvalue weighted by molar-refractivity contribution is 7.99. The van der Waals surface area contributed by atoms with Crippen LogP contribution in [0.5, 0.6) is 0 Å². The van der Waals surface area contributed by atoms with E-state index in [0.29, 0.717) is 16.7 Å². The second-order valence-corrected chi connectivity index (χ2v) is 7.55. The van der Waals surface area contributed by atoms with Crippen LogP contribution < -0.4 is 11.0 Å². The molecule has 2 N–H and O–H groups in total. The number of nitrogens with zero attached hydrogens (tertiary/aromatic N) is 2. The Kier molecular flexibility index (Phi) is 4.96. The maximum Gasteiger partial charge on any atom is 0.343 e. The van der Waals surface area contributed by atoms with Gasteiger partial charge in [0.1, 0.15) is 0 Å². The Morgan fingerprint density at radius 3 is 2.90 bits per heavy atom. The van der Waals surface area contributed by atoms with Gasteiger partial charge in [0.15, 0.2) is 5.16 Å². The molecular formula is C14H26N4OS. The molecule has 1 heterocycles. The molecule has 0 radical (unpaired) electrons. The van der Waals surface area contributed by atoms with Gasteiger partial charge in [0.05, 0.1) is 0 Å². The number of aromatic amines is 1. The third-order valence-electron chi connectivity index (χ3n) is 4.23. The smallest absolute Gasteiger partial charge is 0.312 e. The number of thioether (sulfide) groups is 1. The van der Waals surface area contributed by atoms with Crippen LogP contribution in [0.1, 0.15) is 46.5 Å². The highest BCUT2D eigenvalue weighted by Gasteiger charge is 2.39. The zero-order valence-electron chi connectivity index (χ0n) is 12.9. The fourth-order valence-corrected chi connectivity index (χ4v) is 4.49. The van der Waals surface area contributed by atoms with E-state index in [0.717, 1.165) is 18.1 Å². The third kappa shape index (κ3) is 3.28. The minimum Gasteiger partial charge on any atom is -0.312 e. The lowest BCUT2D eigenvalue weighted by Crippen LogP contribution is -2.51. The molecule has 2 atom stereocenters. The molecule has 1 aromatic rings. The summed E-state index contributed by atoms with van der Waals surface area (Å²) >= 11 is 1.73. The van der Waals surface area contributed by atoms with Crippen LogP contribution >= 0.6 is 11.8 Å². The average molecular weight is 298 g/mol. The van der Waals surface area contributed by atoms with Crippen molar-refractivity contribution < 1.29 is 0 Å². The summed E-state index contributed by atoms with van der Waals surface area (Å²) in [6.45, 7) is 7.93. The molecule has 0 bridgehead atoms. The van der Waals surface area contributed by atoms with Gasteiger partial charge in [0.2, 0.25) is 0 Å². The van der Waals surface area contributed by atoms with Crippen molar-refractivity contribution in [2.75, 3.05) is 6.54 Å². The number of rotatable bonds is 5. The van der Waals surface area contributed by atoms with E-state index in [1.54, 1.807) is 23.4 Å². The molecule has 2 rings (SSSR count). The molecule has 0 saturated heterocycles. The number of hydrogen-bond donors (Lipinski definition) is 2. The van der Waals surface area contributed by atoms with E-state index in [1.807, 2.05) is 0 Å². The van der Waals surface area contributed by atoms with Crippen molar-refractivity contribution >= 4 is 11.8 Å². The maximum absolute atomic E-state index is 11.5. The van der Waals surface area contributed by atoms with Gasteiger partial charge < -0.3 is 5.32 Å². The molecule has 1 saturated carbocycles. The Hall–Kier alpha value is -0.750. The molecule has 1 fully saturated rings. The van der Waals surface area contributed by atoms with Crippen molar-refractivity contribution in [1.29, 1.82) is 0 Å². The van der Waals surface area contributed by atoms with Crippen molar-refractivity contribution in [3.8, 4) is 0 Å². The van der Waals surface area contributed by atoms with Crippen LogP contribution in [0.4, 0.5) is 0 Å². The Morgan fingerprint density at radius 2 is 2.30 bits per heavy atom. The molecule has 5 nitrogen and oxygen atoms in total. The molecule has 0 aliphatic heterocycles. The lowest BCUT2D eigenvalue weighted by molar-refractivity contribution is 0.174. The Labute approximate surface area is 124 Å². The van der Waals surface area contributed by atoms with Crippen molar-refractivity contribution in [2.24, 2.45) is 12.5 Å². The minimum absolute atomic E-state index is 0.138. The number of H-pyrrole nitrogens is 1. The van der Waals surface area contributed by atoms with Gasteiger partial charge >= 0.3 is 5.69 Å². The molecule has 1 aliphatic carbocycles. The molecular weight excluding hydrogens is 272 g/mol. The zero-order valence-corrected chi connectivity index (χ0v) is 13.7. The minimum atomic E-state index is -0.138. The number of hydrogen-bond acceptors (Lipinski definition) is 4. The van der Waals surface area contributed by atoms with Gasteiger partial charge in [0.25, 0.3) is 0 Å². The van der Waals surface area contributed by atoms with E-state index in [-0.39, 0.29) is 5.69 Å². The largest absolute Gasteiger partial charge is 0.343 e. The van der Waals surface area contributed by atoms with Crippen LogP contribution in [0.2, 0.25) is 0 Å². The zero-order chi connectivity index (χ0) is 14.8. The van der Waals surface area contributed by atoms with Gasteiger partial charge in [-0.25, -0.2) is 9.89 Å². The average Bonchev–Trinajstić information content (AvgIpc) is 2.69. The van der Waals surface area contributed by atoms with E-state index in [9.17, 15) is 4.79 Å². The van der Waals surface area contributed by atoms with Crippen molar-refractivity contribution in [3.05, 3.63) is 10.5 Å². The summed E-state index contributed by atoms with van der Waals surface area (Å²) in [6, 6.07) is 0.466. The van der Waals surface area contributed by atoms with Gasteiger partial charge in [-0.2, -0.15) is 0 Å². The molecule has 0 spiro atoms. The maximum atomic E-state index is 11.5. The highest BCUT2D eigenvalue weighted by atomic mass is 32.2. The third-order valence-corrected chi connectivity index (χ3v) is 5.62. The Bertz CT molecular complexity index is 494. The monoisotopic (exact) mass is 298 g/mol. The Balaban J connectivity index is 2.14. The van der Waals surface area contributed by atoms with Crippen LogP contribution in [0.25, 0.3) is 0 Å². The van der Waals surface area contributed by atoms with Gasteiger partial charge in [0, 0.05) is 18.3 Å². The first-order chi connectivity index (χ1) is 9.45. The predicted molar refractivity (Wildman–Crippen MR) is 83.2 cm³/mol. The summed E-state index contributed by atoms with van der Waals surface area (Å²) in [5, 5.41) is 11.6. The predicted octanol–water partition coefficient (Wildman–Crippen LogP) is 2.15. The SMILES string of the molecule is CCCNC1C(Sc2n[nH]c(=O)n2C)CCCC1(C)C. The van der Waals surface area contributed by atoms with Gasteiger partial charge in [-0.1, -0.05) is 39.0 Å². The first kappa shape index (κ1) is 15.6. The fraction of sp³-hybridized carbons (Fsp3) is 0.857. The summed E-state index contributed by atoms with van der Waals surface area (Å²) < 4.78 is 1.60. The van der Waals surface area contributed by atoms with Gasteiger partial charge in [-0.15, -0.1) is 5.10 Å².